The third kappa shape index (κ3) is 4.44. The predicted octanol–water partition coefficient (Wildman–Crippen LogP) is 4.36. The first-order chi connectivity index (χ1) is 9.04. The van der Waals surface area contributed by atoms with E-state index < -0.39 is 0 Å². The van der Waals surface area contributed by atoms with E-state index in [4.69, 9.17) is 0 Å². The van der Waals surface area contributed by atoms with Gasteiger partial charge in [0.2, 0.25) is 5.13 Å². The van der Waals surface area contributed by atoms with Crippen molar-refractivity contribution in [3.05, 3.63) is 5.01 Å². The van der Waals surface area contributed by atoms with Crippen LogP contribution in [0.4, 0.5) is 5.13 Å². The van der Waals surface area contributed by atoms with Gasteiger partial charge in [0.1, 0.15) is 5.01 Å². The SMILES string of the molecule is CC(C)Cc1nnc(NC2CCCC(C(C)C)C2)s1. The van der Waals surface area contributed by atoms with Gasteiger partial charge in [-0.1, -0.05) is 51.9 Å². The number of hydrogen-bond donors (Lipinski definition) is 1. The zero-order valence-corrected chi connectivity index (χ0v) is 13.5. The average Bonchev–Trinajstić information content (AvgIpc) is 2.76. The van der Waals surface area contributed by atoms with Crippen molar-refractivity contribution in [1.29, 1.82) is 0 Å². The number of anilines is 1. The van der Waals surface area contributed by atoms with Crippen molar-refractivity contribution >= 4 is 16.5 Å². The van der Waals surface area contributed by atoms with Crippen molar-refractivity contribution in [3.63, 3.8) is 0 Å². The fourth-order valence-electron chi connectivity index (χ4n) is 2.88. The standard InChI is InChI=1S/C15H27N3S/c1-10(2)8-14-17-18-15(19-14)16-13-7-5-6-12(9-13)11(3)4/h10-13H,5-9H2,1-4H3,(H,16,18). The molecule has 19 heavy (non-hydrogen) atoms. The van der Waals surface area contributed by atoms with Crippen molar-refractivity contribution in [3.8, 4) is 0 Å². The second kappa shape index (κ2) is 6.69. The van der Waals surface area contributed by atoms with Crippen molar-refractivity contribution in [2.45, 2.75) is 65.8 Å². The lowest BCUT2D eigenvalue weighted by molar-refractivity contribution is 0.264. The summed E-state index contributed by atoms with van der Waals surface area (Å²) in [7, 11) is 0. The number of nitrogens with one attached hydrogen (secondary N) is 1. The molecule has 2 atom stereocenters. The fraction of sp³-hybridized carbons (Fsp3) is 0.867. The highest BCUT2D eigenvalue weighted by Crippen LogP contribution is 2.32. The minimum atomic E-state index is 0.598. The monoisotopic (exact) mass is 281 g/mol. The van der Waals surface area contributed by atoms with Gasteiger partial charge >= 0.3 is 0 Å². The average molecular weight is 281 g/mol. The van der Waals surface area contributed by atoms with Gasteiger partial charge in [-0.25, -0.2) is 0 Å². The molecule has 1 aliphatic rings. The molecule has 1 heterocycles. The number of nitrogens with zero attached hydrogens (tertiary/aromatic N) is 2. The van der Waals surface area contributed by atoms with E-state index in [2.05, 4.69) is 43.2 Å². The third-order valence-corrected chi connectivity index (χ3v) is 4.91. The van der Waals surface area contributed by atoms with Crippen LogP contribution >= 0.6 is 11.3 Å². The van der Waals surface area contributed by atoms with E-state index in [9.17, 15) is 0 Å². The van der Waals surface area contributed by atoms with Crippen LogP contribution in [0.25, 0.3) is 0 Å². The molecule has 108 valence electrons. The zero-order valence-electron chi connectivity index (χ0n) is 12.6. The van der Waals surface area contributed by atoms with E-state index >= 15 is 0 Å². The van der Waals surface area contributed by atoms with Gasteiger partial charge in [-0.05, 0) is 30.6 Å². The maximum atomic E-state index is 4.29. The summed E-state index contributed by atoms with van der Waals surface area (Å²) < 4.78 is 0. The minimum absolute atomic E-state index is 0.598. The summed E-state index contributed by atoms with van der Waals surface area (Å²) >= 11 is 1.73. The summed E-state index contributed by atoms with van der Waals surface area (Å²) in [6.07, 6.45) is 6.35. The predicted molar refractivity (Wildman–Crippen MR) is 82.7 cm³/mol. The maximum absolute atomic E-state index is 4.29. The van der Waals surface area contributed by atoms with Gasteiger partial charge < -0.3 is 5.32 Å². The molecule has 0 amide bonds. The first kappa shape index (κ1) is 14.8. The van der Waals surface area contributed by atoms with Crippen molar-refractivity contribution in [1.82, 2.24) is 10.2 Å². The van der Waals surface area contributed by atoms with E-state index in [1.807, 2.05) is 0 Å². The molecule has 0 radical (unpaired) electrons. The third-order valence-electron chi connectivity index (χ3n) is 4.03. The molecule has 1 N–H and O–H groups in total. The Kier molecular flexibility index (Phi) is 5.20. The Morgan fingerprint density at radius 3 is 2.68 bits per heavy atom. The lowest BCUT2D eigenvalue weighted by Gasteiger charge is -2.31. The second-order valence-electron chi connectivity index (χ2n) is 6.61. The summed E-state index contributed by atoms with van der Waals surface area (Å²) in [5.41, 5.74) is 0. The molecule has 1 aromatic rings. The highest BCUT2D eigenvalue weighted by atomic mass is 32.1. The Morgan fingerprint density at radius 1 is 1.21 bits per heavy atom. The van der Waals surface area contributed by atoms with Crippen LogP contribution < -0.4 is 5.32 Å². The van der Waals surface area contributed by atoms with Crippen molar-refractivity contribution < 1.29 is 0 Å². The topological polar surface area (TPSA) is 37.8 Å². The maximum Gasteiger partial charge on any atom is 0.205 e. The molecule has 0 aromatic carbocycles. The minimum Gasteiger partial charge on any atom is -0.357 e. The molecule has 2 unspecified atom stereocenters. The van der Waals surface area contributed by atoms with Crippen molar-refractivity contribution in [2.24, 2.45) is 17.8 Å². The van der Waals surface area contributed by atoms with Crippen LogP contribution in [0.15, 0.2) is 0 Å². The Balaban J connectivity index is 1.88. The Labute approximate surface area is 121 Å². The zero-order chi connectivity index (χ0) is 13.8. The summed E-state index contributed by atoms with van der Waals surface area (Å²) in [4.78, 5) is 0. The lowest BCUT2D eigenvalue weighted by atomic mass is 9.79. The molecular formula is C15H27N3S. The van der Waals surface area contributed by atoms with Gasteiger partial charge in [0.25, 0.3) is 0 Å². The molecule has 3 nitrogen and oxygen atoms in total. The van der Waals surface area contributed by atoms with E-state index in [0.717, 1.165) is 28.4 Å². The lowest BCUT2D eigenvalue weighted by Crippen LogP contribution is -2.29. The van der Waals surface area contributed by atoms with Gasteiger partial charge in [0, 0.05) is 12.5 Å². The number of rotatable bonds is 5. The van der Waals surface area contributed by atoms with Crippen molar-refractivity contribution in [2.75, 3.05) is 5.32 Å². The van der Waals surface area contributed by atoms with Gasteiger partial charge in [-0.2, -0.15) is 0 Å². The molecule has 4 heteroatoms. The first-order valence-electron chi connectivity index (χ1n) is 7.63. The van der Waals surface area contributed by atoms with Gasteiger partial charge in [-0.3, -0.25) is 0 Å². The van der Waals surface area contributed by atoms with Crippen LogP contribution in [0.3, 0.4) is 0 Å². The van der Waals surface area contributed by atoms with Crippen LogP contribution in [-0.2, 0) is 6.42 Å². The summed E-state index contributed by atoms with van der Waals surface area (Å²) in [5.74, 6) is 2.32. The Hall–Kier alpha value is -0.640. The van der Waals surface area contributed by atoms with Crippen LogP contribution in [0.1, 0.15) is 58.4 Å². The van der Waals surface area contributed by atoms with Gasteiger partial charge in [0.15, 0.2) is 0 Å². The Morgan fingerprint density at radius 2 is 2.00 bits per heavy atom. The Bertz CT molecular complexity index is 386. The van der Waals surface area contributed by atoms with E-state index in [0.29, 0.717) is 12.0 Å². The smallest absolute Gasteiger partial charge is 0.205 e. The molecule has 1 aliphatic carbocycles. The molecule has 0 spiro atoms. The quantitative estimate of drug-likeness (QED) is 0.871. The molecule has 2 rings (SSSR count). The fourth-order valence-corrected chi connectivity index (χ4v) is 3.91. The van der Waals surface area contributed by atoms with E-state index in [1.165, 1.54) is 25.7 Å². The molecule has 1 aromatic heterocycles. The van der Waals surface area contributed by atoms with Gasteiger partial charge in [-0.15, -0.1) is 10.2 Å². The van der Waals surface area contributed by atoms with E-state index in [1.54, 1.807) is 11.3 Å². The normalized spacial score (nSPS) is 24.1. The van der Waals surface area contributed by atoms with Crippen LogP contribution in [0, 0.1) is 17.8 Å². The largest absolute Gasteiger partial charge is 0.357 e. The molecule has 1 saturated carbocycles. The second-order valence-corrected chi connectivity index (χ2v) is 7.67. The summed E-state index contributed by atoms with van der Waals surface area (Å²) in [6, 6.07) is 0.598. The van der Waals surface area contributed by atoms with E-state index in [-0.39, 0.29) is 0 Å². The van der Waals surface area contributed by atoms with Gasteiger partial charge in [0.05, 0.1) is 0 Å². The molecule has 0 saturated heterocycles. The summed E-state index contributed by atoms with van der Waals surface area (Å²) in [5, 5.41) is 14.4. The summed E-state index contributed by atoms with van der Waals surface area (Å²) in [6.45, 7) is 9.14. The van der Waals surface area contributed by atoms with Crippen LogP contribution in [0.2, 0.25) is 0 Å². The number of hydrogen-bond acceptors (Lipinski definition) is 4. The van der Waals surface area contributed by atoms with Crippen LogP contribution in [0.5, 0.6) is 0 Å². The molecule has 0 aliphatic heterocycles. The molecule has 1 fully saturated rings. The highest BCUT2D eigenvalue weighted by molar-refractivity contribution is 7.15. The highest BCUT2D eigenvalue weighted by Gasteiger charge is 2.24. The molecule has 0 bridgehead atoms. The first-order valence-corrected chi connectivity index (χ1v) is 8.45. The molecular weight excluding hydrogens is 254 g/mol. The number of aromatic nitrogens is 2. The van der Waals surface area contributed by atoms with Crippen LogP contribution in [-0.4, -0.2) is 16.2 Å².